The van der Waals surface area contributed by atoms with Crippen LogP contribution >= 0.6 is 0 Å². The molecule has 3 rings (SSSR count). The van der Waals surface area contributed by atoms with Crippen LogP contribution in [0.2, 0.25) is 0 Å². The largest absolute Gasteiger partial charge is 0.489 e. The van der Waals surface area contributed by atoms with Crippen molar-refractivity contribution in [2.75, 3.05) is 0 Å². The lowest BCUT2D eigenvalue weighted by atomic mass is 10.1. The minimum absolute atomic E-state index is 0.000109. The SMILES string of the molecule is O=c1[nH]c(=O)n(Cc2ccc(OCc3cc(C(F)(F)F)ccc3F)cc2)o1. The Morgan fingerprint density at radius 3 is 2.37 bits per heavy atom. The summed E-state index contributed by atoms with van der Waals surface area (Å²) in [6.07, 6.45) is -4.57. The second-order valence-corrected chi connectivity index (χ2v) is 5.58. The third-order valence-corrected chi connectivity index (χ3v) is 3.65. The number of nitrogens with one attached hydrogen (secondary N) is 1. The third kappa shape index (κ3) is 4.46. The van der Waals surface area contributed by atoms with Crippen LogP contribution in [-0.4, -0.2) is 9.72 Å². The number of rotatable bonds is 5. The summed E-state index contributed by atoms with van der Waals surface area (Å²) in [6.45, 7) is -0.388. The Hall–Kier alpha value is -3.30. The van der Waals surface area contributed by atoms with Gasteiger partial charge in [-0.2, -0.15) is 13.2 Å². The van der Waals surface area contributed by atoms with Crippen molar-refractivity contribution < 1.29 is 26.8 Å². The van der Waals surface area contributed by atoms with Gasteiger partial charge in [-0.15, -0.1) is 4.74 Å². The highest BCUT2D eigenvalue weighted by Crippen LogP contribution is 2.30. The van der Waals surface area contributed by atoms with Crippen LogP contribution in [0.4, 0.5) is 17.6 Å². The summed E-state index contributed by atoms with van der Waals surface area (Å²) >= 11 is 0. The Balaban J connectivity index is 1.68. The van der Waals surface area contributed by atoms with Gasteiger partial charge >= 0.3 is 17.6 Å². The van der Waals surface area contributed by atoms with Crippen molar-refractivity contribution in [1.29, 1.82) is 0 Å². The molecule has 0 aliphatic carbocycles. The van der Waals surface area contributed by atoms with Gasteiger partial charge in [-0.1, -0.05) is 12.1 Å². The van der Waals surface area contributed by atoms with Crippen molar-refractivity contribution >= 4 is 0 Å². The molecule has 0 amide bonds. The Morgan fingerprint density at radius 2 is 1.78 bits per heavy atom. The molecule has 0 radical (unpaired) electrons. The van der Waals surface area contributed by atoms with Gasteiger partial charge in [0.05, 0.1) is 12.1 Å². The number of alkyl halides is 3. The van der Waals surface area contributed by atoms with E-state index in [4.69, 9.17) is 4.74 Å². The maximum atomic E-state index is 13.7. The smallest absolute Gasteiger partial charge is 0.440 e. The molecule has 0 saturated carbocycles. The number of aromatic amines is 1. The van der Waals surface area contributed by atoms with Gasteiger partial charge in [0.15, 0.2) is 0 Å². The number of hydrogen-bond acceptors (Lipinski definition) is 4. The number of ether oxygens (including phenoxy) is 1. The van der Waals surface area contributed by atoms with Crippen LogP contribution in [0.15, 0.2) is 56.6 Å². The van der Waals surface area contributed by atoms with E-state index in [9.17, 15) is 27.2 Å². The predicted octanol–water partition coefficient (Wildman–Crippen LogP) is 2.91. The molecule has 27 heavy (non-hydrogen) atoms. The molecule has 1 aromatic heterocycles. The van der Waals surface area contributed by atoms with E-state index in [0.717, 1.165) is 10.8 Å². The van der Waals surface area contributed by atoms with Crippen LogP contribution in [0.3, 0.4) is 0 Å². The van der Waals surface area contributed by atoms with Gasteiger partial charge < -0.3 is 9.26 Å². The number of halogens is 4. The van der Waals surface area contributed by atoms with Gasteiger partial charge in [0, 0.05) is 5.56 Å². The number of nitrogens with zero attached hydrogens (tertiary/aromatic N) is 1. The Labute approximate surface area is 148 Å². The molecule has 3 aromatic rings. The first-order valence-corrected chi connectivity index (χ1v) is 7.60. The van der Waals surface area contributed by atoms with E-state index in [-0.39, 0.29) is 18.7 Å². The summed E-state index contributed by atoms with van der Waals surface area (Å²) in [5, 5.41) is 0. The first-order chi connectivity index (χ1) is 12.7. The average molecular weight is 384 g/mol. The molecule has 0 fully saturated rings. The lowest BCUT2D eigenvalue weighted by Crippen LogP contribution is -2.17. The fourth-order valence-electron chi connectivity index (χ4n) is 2.30. The molecular weight excluding hydrogens is 372 g/mol. The topological polar surface area (TPSA) is 77.2 Å². The minimum Gasteiger partial charge on any atom is -0.489 e. The number of aromatic nitrogens is 2. The van der Waals surface area contributed by atoms with Gasteiger partial charge in [-0.05, 0) is 35.9 Å². The van der Waals surface area contributed by atoms with Gasteiger partial charge in [0.2, 0.25) is 0 Å². The van der Waals surface area contributed by atoms with Crippen molar-refractivity contribution in [1.82, 2.24) is 9.72 Å². The molecule has 6 nitrogen and oxygen atoms in total. The monoisotopic (exact) mass is 384 g/mol. The fraction of sp³-hybridized carbons (Fsp3) is 0.176. The molecule has 0 bridgehead atoms. The second kappa shape index (κ2) is 7.14. The van der Waals surface area contributed by atoms with Gasteiger partial charge in [0.1, 0.15) is 18.2 Å². The zero-order valence-corrected chi connectivity index (χ0v) is 13.5. The molecule has 0 unspecified atom stereocenters. The van der Waals surface area contributed by atoms with E-state index >= 15 is 0 Å². The van der Waals surface area contributed by atoms with E-state index in [1.807, 2.05) is 4.98 Å². The molecule has 0 atom stereocenters. The summed E-state index contributed by atoms with van der Waals surface area (Å²) in [6, 6.07) is 8.23. The van der Waals surface area contributed by atoms with Crippen molar-refractivity contribution in [3.8, 4) is 5.75 Å². The lowest BCUT2D eigenvalue weighted by Gasteiger charge is -2.11. The predicted molar refractivity (Wildman–Crippen MR) is 84.9 cm³/mol. The van der Waals surface area contributed by atoms with Crippen molar-refractivity contribution in [3.05, 3.63) is 86.0 Å². The number of benzene rings is 2. The highest BCUT2D eigenvalue weighted by molar-refractivity contribution is 5.30. The first kappa shape index (κ1) is 18.5. The molecule has 1 N–H and O–H groups in total. The average Bonchev–Trinajstić information content (AvgIpc) is 2.91. The van der Waals surface area contributed by atoms with Gasteiger partial charge in [-0.3, -0.25) is 0 Å². The second-order valence-electron chi connectivity index (χ2n) is 5.58. The molecule has 0 spiro atoms. The van der Waals surface area contributed by atoms with Gasteiger partial charge in [0.25, 0.3) is 0 Å². The number of H-pyrrole nitrogens is 1. The zero-order valence-electron chi connectivity index (χ0n) is 13.5. The maximum Gasteiger partial charge on any atom is 0.440 e. The van der Waals surface area contributed by atoms with E-state index in [2.05, 4.69) is 4.52 Å². The summed E-state index contributed by atoms with van der Waals surface area (Å²) in [4.78, 5) is 24.2. The van der Waals surface area contributed by atoms with Crippen LogP contribution < -0.4 is 16.2 Å². The molecule has 0 aliphatic rings. The summed E-state index contributed by atoms with van der Waals surface area (Å²) in [7, 11) is 0. The molecule has 2 aromatic carbocycles. The molecule has 10 heteroatoms. The standard InChI is InChI=1S/C17H12F4N2O4/c18-14-6-3-12(17(19,20)21)7-11(14)9-26-13-4-1-10(2-5-13)8-23-15(24)22-16(25)27-23/h1-7H,8-9H2,(H,22,24,25). The van der Waals surface area contributed by atoms with Crippen LogP contribution in [0.25, 0.3) is 0 Å². The third-order valence-electron chi connectivity index (χ3n) is 3.65. The van der Waals surface area contributed by atoms with E-state index in [1.165, 1.54) is 12.1 Å². The van der Waals surface area contributed by atoms with E-state index in [0.29, 0.717) is 23.4 Å². The fourth-order valence-corrected chi connectivity index (χ4v) is 2.30. The molecule has 0 aliphatic heterocycles. The van der Waals surface area contributed by atoms with Crippen LogP contribution in [0.1, 0.15) is 16.7 Å². The Morgan fingerprint density at radius 1 is 1.07 bits per heavy atom. The summed E-state index contributed by atoms with van der Waals surface area (Å²) in [5.41, 5.74) is -1.27. The Kier molecular flexibility index (Phi) is 4.89. The van der Waals surface area contributed by atoms with Crippen molar-refractivity contribution in [3.63, 3.8) is 0 Å². The number of hydrogen-bond donors (Lipinski definition) is 1. The maximum absolute atomic E-state index is 13.7. The molecule has 1 heterocycles. The van der Waals surface area contributed by atoms with Gasteiger partial charge in [-0.25, -0.2) is 19.0 Å². The summed E-state index contributed by atoms with van der Waals surface area (Å²) < 4.78 is 62.6. The lowest BCUT2D eigenvalue weighted by molar-refractivity contribution is -0.137. The van der Waals surface area contributed by atoms with Crippen molar-refractivity contribution in [2.45, 2.75) is 19.3 Å². The molecule has 142 valence electrons. The Bertz CT molecular complexity index is 1050. The van der Waals surface area contributed by atoms with Crippen LogP contribution in [-0.2, 0) is 19.3 Å². The van der Waals surface area contributed by atoms with Crippen LogP contribution in [0, 0.1) is 5.82 Å². The summed E-state index contributed by atoms with van der Waals surface area (Å²) in [5.74, 6) is -1.39. The zero-order chi connectivity index (χ0) is 19.6. The van der Waals surface area contributed by atoms with E-state index < -0.39 is 29.0 Å². The minimum atomic E-state index is -4.57. The molecule has 0 saturated heterocycles. The van der Waals surface area contributed by atoms with Crippen LogP contribution in [0.5, 0.6) is 5.75 Å². The first-order valence-electron chi connectivity index (χ1n) is 7.60. The quantitative estimate of drug-likeness (QED) is 0.687. The highest BCUT2D eigenvalue weighted by Gasteiger charge is 2.31. The molecular formula is C17H12F4N2O4. The normalized spacial score (nSPS) is 11.6. The van der Waals surface area contributed by atoms with E-state index in [1.54, 1.807) is 12.1 Å². The van der Waals surface area contributed by atoms with Crippen molar-refractivity contribution in [2.24, 2.45) is 0 Å². The highest BCUT2D eigenvalue weighted by atomic mass is 19.4.